The molecule has 6 nitrogen and oxygen atoms in total. The van der Waals surface area contributed by atoms with Gasteiger partial charge in [0.25, 0.3) is 0 Å². The zero-order valence-corrected chi connectivity index (χ0v) is 18.4. The van der Waals surface area contributed by atoms with Crippen LogP contribution in [0.5, 0.6) is 0 Å². The third-order valence-corrected chi connectivity index (χ3v) is 6.48. The quantitative estimate of drug-likeness (QED) is 0.175. The molecule has 7 heteroatoms. The van der Waals surface area contributed by atoms with Crippen LogP contribution in [-0.2, 0) is 27.8 Å². The summed E-state index contributed by atoms with van der Waals surface area (Å²) in [7, 11) is -1.95. The molecule has 0 amide bonds. The maximum atomic E-state index is 6.02. The van der Waals surface area contributed by atoms with E-state index in [1.807, 2.05) is 0 Å². The summed E-state index contributed by atoms with van der Waals surface area (Å²) in [6, 6.07) is 0. The Balaban J connectivity index is 1.27. The van der Waals surface area contributed by atoms with Gasteiger partial charge in [0.2, 0.25) is 0 Å². The summed E-state index contributed by atoms with van der Waals surface area (Å²) >= 11 is 0. The smallest absolute Gasteiger partial charge is 0.331 e. The summed E-state index contributed by atoms with van der Waals surface area (Å²) in [5.41, 5.74) is 0. The molecule has 0 aromatic carbocycles. The van der Waals surface area contributed by atoms with Crippen LogP contribution in [0.3, 0.4) is 0 Å². The van der Waals surface area contributed by atoms with Crippen LogP contribution in [0.2, 0.25) is 13.1 Å². The summed E-state index contributed by atoms with van der Waals surface area (Å²) in [5.74, 6) is 0. The number of epoxide rings is 2. The normalized spacial score (nSPS) is 21.6. The van der Waals surface area contributed by atoms with E-state index in [9.17, 15) is 0 Å². The molecule has 0 aliphatic carbocycles. The zero-order chi connectivity index (χ0) is 19.2. The largest absolute Gasteiger partial charge is 0.395 e. The lowest BCUT2D eigenvalue weighted by atomic mass is 10.2. The van der Waals surface area contributed by atoms with E-state index in [1.165, 1.54) is 25.7 Å². The third-order valence-electron chi connectivity index (χ3n) is 4.68. The molecular formula is C20H40O6Si. The highest BCUT2D eigenvalue weighted by atomic mass is 28.4. The minimum atomic E-state index is -1.95. The molecule has 2 rings (SSSR count). The lowest BCUT2D eigenvalue weighted by Crippen LogP contribution is -2.35. The monoisotopic (exact) mass is 404 g/mol. The van der Waals surface area contributed by atoms with Crippen molar-refractivity contribution < 1.29 is 27.8 Å². The molecule has 2 fully saturated rings. The van der Waals surface area contributed by atoms with Crippen LogP contribution in [0.25, 0.3) is 0 Å². The molecule has 2 unspecified atom stereocenters. The molecule has 0 spiro atoms. The van der Waals surface area contributed by atoms with E-state index in [1.54, 1.807) is 0 Å². The summed E-state index contributed by atoms with van der Waals surface area (Å²) in [5, 5.41) is 0. The first kappa shape index (κ1) is 23.3. The van der Waals surface area contributed by atoms with E-state index in [0.717, 1.165) is 78.5 Å². The van der Waals surface area contributed by atoms with Gasteiger partial charge in [-0.3, -0.25) is 0 Å². The second kappa shape index (κ2) is 14.0. The van der Waals surface area contributed by atoms with Gasteiger partial charge < -0.3 is 27.8 Å². The highest BCUT2D eigenvalue weighted by molar-refractivity contribution is 6.64. The van der Waals surface area contributed by atoms with Crippen molar-refractivity contribution in [2.24, 2.45) is 0 Å². The van der Waals surface area contributed by atoms with Crippen LogP contribution in [-0.4, -0.2) is 73.6 Å². The summed E-state index contributed by atoms with van der Waals surface area (Å²) < 4.78 is 33.3. The summed E-state index contributed by atoms with van der Waals surface area (Å²) in [4.78, 5) is 0. The molecule has 0 aromatic rings. The highest BCUT2D eigenvalue weighted by Crippen LogP contribution is 2.12. The second-order valence-corrected chi connectivity index (χ2v) is 11.4. The average molecular weight is 405 g/mol. The van der Waals surface area contributed by atoms with E-state index < -0.39 is 8.56 Å². The van der Waals surface area contributed by atoms with Crippen molar-refractivity contribution in [2.75, 3.05) is 52.9 Å². The molecule has 0 aromatic heterocycles. The lowest BCUT2D eigenvalue weighted by molar-refractivity contribution is 0.112. The molecule has 0 N–H and O–H groups in total. The van der Waals surface area contributed by atoms with E-state index >= 15 is 0 Å². The van der Waals surface area contributed by atoms with Crippen LogP contribution in [0.4, 0.5) is 0 Å². The fourth-order valence-electron chi connectivity index (χ4n) is 2.76. The highest BCUT2D eigenvalue weighted by Gasteiger charge is 2.24. The van der Waals surface area contributed by atoms with Crippen molar-refractivity contribution in [1.82, 2.24) is 0 Å². The molecule has 2 atom stereocenters. The van der Waals surface area contributed by atoms with Crippen LogP contribution in [0.1, 0.15) is 51.4 Å². The Bertz CT molecular complexity index is 328. The predicted molar refractivity (Wildman–Crippen MR) is 107 cm³/mol. The van der Waals surface area contributed by atoms with Crippen molar-refractivity contribution in [3.8, 4) is 0 Å². The molecule has 2 saturated heterocycles. The number of hydrogen-bond donors (Lipinski definition) is 0. The summed E-state index contributed by atoms with van der Waals surface area (Å²) in [6.45, 7) is 10.9. The minimum Gasteiger partial charge on any atom is -0.395 e. The predicted octanol–water partition coefficient (Wildman–Crippen LogP) is 3.67. The molecule has 2 aliphatic rings. The molecule has 2 heterocycles. The van der Waals surface area contributed by atoms with Crippen molar-refractivity contribution in [2.45, 2.75) is 76.7 Å². The SMILES string of the molecule is C[Si](C)(OCCCCCCOCC1CO1)OCCCCCCOCC1CO1. The number of rotatable bonds is 20. The number of unbranched alkanes of at least 4 members (excludes halogenated alkanes) is 6. The Morgan fingerprint density at radius 1 is 0.630 bits per heavy atom. The van der Waals surface area contributed by atoms with Gasteiger partial charge in [0.1, 0.15) is 12.2 Å². The maximum absolute atomic E-state index is 6.02. The molecule has 0 bridgehead atoms. The Labute approximate surface area is 166 Å². The van der Waals surface area contributed by atoms with Gasteiger partial charge in [-0.1, -0.05) is 25.7 Å². The standard InChI is InChI=1S/C20H40O6Si/c1-27(2,25-13-9-5-3-7-11-21-15-19-17-23-19)26-14-10-6-4-8-12-22-16-20-18-24-20/h19-20H,3-18H2,1-2H3. The lowest BCUT2D eigenvalue weighted by Gasteiger charge is -2.23. The van der Waals surface area contributed by atoms with E-state index in [-0.39, 0.29) is 0 Å². The first-order chi connectivity index (χ1) is 13.2. The van der Waals surface area contributed by atoms with Crippen molar-refractivity contribution in [3.05, 3.63) is 0 Å². The van der Waals surface area contributed by atoms with E-state index in [2.05, 4.69) is 13.1 Å². The van der Waals surface area contributed by atoms with Gasteiger partial charge in [-0.2, -0.15) is 0 Å². The minimum absolute atomic E-state index is 0.382. The molecular weight excluding hydrogens is 364 g/mol. The molecule has 27 heavy (non-hydrogen) atoms. The number of hydrogen-bond acceptors (Lipinski definition) is 6. The van der Waals surface area contributed by atoms with Crippen LogP contribution >= 0.6 is 0 Å². The van der Waals surface area contributed by atoms with Crippen molar-refractivity contribution in [1.29, 1.82) is 0 Å². The molecule has 160 valence electrons. The molecule has 0 saturated carbocycles. The Hall–Kier alpha value is -0.0231. The van der Waals surface area contributed by atoms with Crippen molar-refractivity contribution >= 4 is 8.56 Å². The molecule has 0 radical (unpaired) electrons. The van der Waals surface area contributed by atoms with E-state index in [4.69, 9.17) is 27.8 Å². The summed E-state index contributed by atoms with van der Waals surface area (Å²) in [6.07, 6.45) is 10.0. The van der Waals surface area contributed by atoms with Gasteiger partial charge >= 0.3 is 8.56 Å². The van der Waals surface area contributed by atoms with Crippen LogP contribution in [0.15, 0.2) is 0 Å². The Morgan fingerprint density at radius 3 is 1.37 bits per heavy atom. The van der Waals surface area contributed by atoms with Gasteiger partial charge in [-0.15, -0.1) is 0 Å². The van der Waals surface area contributed by atoms with Gasteiger partial charge in [0.05, 0.1) is 26.4 Å². The van der Waals surface area contributed by atoms with Crippen LogP contribution in [0, 0.1) is 0 Å². The van der Waals surface area contributed by atoms with Crippen LogP contribution < -0.4 is 0 Å². The first-order valence-electron chi connectivity index (χ1n) is 10.8. The Morgan fingerprint density at radius 2 is 1.00 bits per heavy atom. The first-order valence-corrected chi connectivity index (χ1v) is 13.6. The Kier molecular flexibility index (Phi) is 12.1. The van der Waals surface area contributed by atoms with Gasteiger partial charge in [-0.05, 0) is 38.8 Å². The van der Waals surface area contributed by atoms with E-state index in [0.29, 0.717) is 12.2 Å². The fraction of sp³-hybridized carbons (Fsp3) is 1.00. The van der Waals surface area contributed by atoms with Gasteiger partial charge in [0.15, 0.2) is 0 Å². The topological polar surface area (TPSA) is 62.0 Å². The van der Waals surface area contributed by atoms with Gasteiger partial charge in [-0.25, -0.2) is 0 Å². The maximum Gasteiger partial charge on any atom is 0.331 e. The average Bonchev–Trinajstić information content (AvgIpc) is 3.53. The molecule has 2 aliphatic heterocycles. The third kappa shape index (κ3) is 14.6. The zero-order valence-electron chi connectivity index (χ0n) is 17.4. The number of ether oxygens (including phenoxy) is 4. The fourth-order valence-corrected chi connectivity index (χ4v) is 4.11. The van der Waals surface area contributed by atoms with Crippen molar-refractivity contribution in [3.63, 3.8) is 0 Å². The van der Waals surface area contributed by atoms with Gasteiger partial charge in [0, 0.05) is 26.4 Å². The second-order valence-electron chi connectivity index (χ2n) is 7.99.